The van der Waals surface area contributed by atoms with E-state index in [2.05, 4.69) is 30.9 Å². The van der Waals surface area contributed by atoms with Crippen LogP contribution in [0.25, 0.3) is 0 Å². The van der Waals surface area contributed by atoms with Crippen molar-refractivity contribution >= 4 is 11.4 Å². The Hall–Kier alpha value is -1.18. The Morgan fingerprint density at radius 2 is 2.07 bits per heavy atom. The van der Waals surface area contributed by atoms with Crippen molar-refractivity contribution < 1.29 is 0 Å². The van der Waals surface area contributed by atoms with Gasteiger partial charge in [-0.25, -0.2) is 0 Å². The molecule has 15 heavy (non-hydrogen) atoms. The van der Waals surface area contributed by atoms with Crippen LogP contribution in [-0.2, 0) is 0 Å². The smallest absolute Gasteiger partial charge is 0.0602 e. The molecule has 0 aliphatic carbocycles. The molecule has 2 nitrogen and oxygen atoms in total. The number of anilines is 2. The molecular weight excluding hydrogens is 184 g/mol. The van der Waals surface area contributed by atoms with Crippen LogP contribution in [0, 0.1) is 5.92 Å². The second-order valence-electron chi connectivity index (χ2n) is 4.71. The van der Waals surface area contributed by atoms with Crippen molar-refractivity contribution in [3.8, 4) is 0 Å². The van der Waals surface area contributed by atoms with Gasteiger partial charge >= 0.3 is 0 Å². The molecule has 0 aromatic heterocycles. The lowest BCUT2D eigenvalue weighted by atomic mass is 10.0. The Morgan fingerprint density at radius 3 is 2.73 bits per heavy atom. The molecular formula is C13H20N2. The molecule has 1 atom stereocenters. The van der Waals surface area contributed by atoms with Crippen LogP contribution in [0.1, 0.15) is 26.7 Å². The molecule has 1 unspecified atom stereocenters. The van der Waals surface area contributed by atoms with Crippen molar-refractivity contribution in [2.24, 2.45) is 5.92 Å². The molecule has 1 saturated heterocycles. The molecule has 2 rings (SSSR count). The fraction of sp³-hybridized carbons (Fsp3) is 0.538. The molecule has 1 aliphatic rings. The number of nitrogens with zero attached hydrogens (tertiary/aromatic N) is 1. The van der Waals surface area contributed by atoms with Crippen molar-refractivity contribution in [2.45, 2.75) is 32.7 Å². The van der Waals surface area contributed by atoms with Gasteiger partial charge in [0.2, 0.25) is 0 Å². The van der Waals surface area contributed by atoms with Gasteiger partial charge in [0.05, 0.1) is 11.4 Å². The Kier molecular flexibility index (Phi) is 2.85. The first-order chi connectivity index (χ1) is 7.20. The number of para-hydroxylation sites is 2. The molecule has 1 aromatic carbocycles. The van der Waals surface area contributed by atoms with Crippen LogP contribution in [0.5, 0.6) is 0 Å². The third kappa shape index (κ3) is 1.94. The van der Waals surface area contributed by atoms with Gasteiger partial charge in [0, 0.05) is 12.6 Å². The summed E-state index contributed by atoms with van der Waals surface area (Å²) in [6.45, 7) is 5.74. The first-order valence-electron chi connectivity index (χ1n) is 5.81. The summed E-state index contributed by atoms with van der Waals surface area (Å²) in [5.41, 5.74) is 8.14. The molecule has 1 aliphatic heterocycles. The summed E-state index contributed by atoms with van der Waals surface area (Å²) in [6.07, 6.45) is 2.59. The normalized spacial score (nSPS) is 21.3. The predicted molar refractivity (Wildman–Crippen MR) is 66.1 cm³/mol. The summed E-state index contributed by atoms with van der Waals surface area (Å²) in [7, 11) is 0. The zero-order chi connectivity index (χ0) is 10.8. The summed E-state index contributed by atoms with van der Waals surface area (Å²) in [5, 5.41) is 0. The summed E-state index contributed by atoms with van der Waals surface area (Å²) in [4.78, 5) is 2.47. The minimum Gasteiger partial charge on any atom is -0.397 e. The minimum absolute atomic E-state index is 0.662. The van der Waals surface area contributed by atoms with Gasteiger partial charge < -0.3 is 10.6 Å². The van der Waals surface area contributed by atoms with Crippen LogP contribution >= 0.6 is 0 Å². The van der Waals surface area contributed by atoms with Crippen molar-refractivity contribution in [3.63, 3.8) is 0 Å². The fourth-order valence-electron chi connectivity index (χ4n) is 2.53. The van der Waals surface area contributed by atoms with Gasteiger partial charge in [-0.05, 0) is 30.9 Å². The van der Waals surface area contributed by atoms with E-state index < -0.39 is 0 Å². The van der Waals surface area contributed by atoms with Gasteiger partial charge in [-0.1, -0.05) is 26.0 Å². The highest BCUT2D eigenvalue weighted by Crippen LogP contribution is 2.32. The highest BCUT2D eigenvalue weighted by atomic mass is 15.2. The second kappa shape index (κ2) is 4.13. The maximum atomic E-state index is 6.02. The lowest BCUT2D eigenvalue weighted by Gasteiger charge is -2.30. The largest absolute Gasteiger partial charge is 0.397 e. The van der Waals surface area contributed by atoms with Crippen LogP contribution in [0.2, 0.25) is 0 Å². The number of nitrogen functional groups attached to an aromatic ring is 1. The van der Waals surface area contributed by atoms with Crippen molar-refractivity contribution in [3.05, 3.63) is 24.3 Å². The number of nitrogens with two attached hydrogens (primary N) is 1. The molecule has 82 valence electrons. The molecule has 0 saturated carbocycles. The van der Waals surface area contributed by atoms with E-state index in [4.69, 9.17) is 5.73 Å². The first kappa shape index (κ1) is 10.3. The van der Waals surface area contributed by atoms with E-state index in [1.54, 1.807) is 0 Å². The second-order valence-corrected chi connectivity index (χ2v) is 4.71. The summed E-state index contributed by atoms with van der Waals surface area (Å²) in [5.74, 6) is 0.701. The first-order valence-corrected chi connectivity index (χ1v) is 5.81. The predicted octanol–water partition coefficient (Wildman–Crippen LogP) is 2.89. The number of rotatable bonds is 2. The van der Waals surface area contributed by atoms with E-state index in [9.17, 15) is 0 Å². The Balaban J connectivity index is 2.27. The van der Waals surface area contributed by atoms with E-state index in [-0.39, 0.29) is 0 Å². The molecule has 2 N–H and O–H groups in total. The third-order valence-electron chi connectivity index (χ3n) is 3.31. The standard InChI is InChI=1S/C13H20N2/c1-10(2)12-8-5-9-15(12)13-7-4-3-6-11(13)14/h3-4,6-7,10,12H,5,8-9,14H2,1-2H3. The van der Waals surface area contributed by atoms with Crippen molar-refractivity contribution in [1.82, 2.24) is 0 Å². The summed E-state index contributed by atoms with van der Waals surface area (Å²) in [6, 6.07) is 8.86. The lowest BCUT2D eigenvalue weighted by molar-refractivity contribution is 0.492. The Bertz CT molecular complexity index is 333. The molecule has 0 spiro atoms. The fourth-order valence-corrected chi connectivity index (χ4v) is 2.53. The van der Waals surface area contributed by atoms with Crippen LogP contribution in [-0.4, -0.2) is 12.6 Å². The van der Waals surface area contributed by atoms with Gasteiger partial charge in [0.1, 0.15) is 0 Å². The number of hydrogen-bond acceptors (Lipinski definition) is 2. The Labute approximate surface area is 92.1 Å². The molecule has 2 heteroatoms. The van der Waals surface area contributed by atoms with Gasteiger partial charge in [0.25, 0.3) is 0 Å². The number of hydrogen-bond donors (Lipinski definition) is 1. The van der Waals surface area contributed by atoms with Gasteiger partial charge in [0.15, 0.2) is 0 Å². The summed E-state index contributed by atoms with van der Waals surface area (Å²) < 4.78 is 0. The SMILES string of the molecule is CC(C)C1CCCN1c1ccccc1N. The lowest BCUT2D eigenvalue weighted by Crippen LogP contribution is -2.33. The minimum atomic E-state index is 0.662. The molecule has 1 aromatic rings. The average Bonchev–Trinajstić information content (AvgIpc) is 2.67. The summed E-state index contributed by atoms with van der Waals surface area (Å²) >= 11 is 0. The zero-order valence-corrected chi connectivity index (χ0v) is 9.61. The monoisotopic (exact) mass is 204 g/mol. The van der Waals surface area contributed by atoms with Gasteiger partial charge in [-0.15, -0.1) is 0 Å². The maximum absolute atomic E-state index is 6.02. The van der Waals surface area contributed by atoms with E-state index in [0.29, 0.717) is 12.0 Å². The van der Waals surface area contributed by atoms with Crippen molar-refractivity contribution in [2.75, 3.05) is 17.2 Å². The quantitative estimate of drug-likeness (QED) is 0.750. The Morgan fingerprint density at radius 1 is 1.33 bits per heavy atom. The van der Waals surface area contributed by atoms with Gasteiger partial charge in [-0.2, -0.15) is 0 Å². The highest BCUT2D eigenvalue weighted by molar-refractivity contribution is 5.68. The topological polar surface area (TPSA) is 29.3 Å². The molecule has 0 bridgehead atoms. The molecule has 1 fully saturated rings. The van der Waals surface area contributed by atoms with E-state index in [0.717, 1.165) is 12.2 Å². The van der Waals surface area contributed by atoms with Crippen LogP contribution < -0.4 is 10.6 Å². The van der Waals surface area contributed by atoms with E-state index in [1.807, 2.05) is 12.1 Å². The van der Waals surface area contributed by atoms with E-state index in [1.165, 1.54) is 18.5 Å². The van der Waals surface area contributed by atoms with Gasteiger partial charge in [-0.3, -0.25) is 0 Å². The van der Waals surface area contributed by atoms with Crippen LogP contribution in [0.4, 0.5) is 11.4 Å². The molecule has 0 amide bonds. The van der Waals surface area contributed by atoms with Crippen molar-refractivity contribution in [1.29, 1.82) is 0 Å². The zero-order valence-electron chi connectivity index (χ0n) is 9.61. The maximum Gasteiger partial charge on any atom is 0.0602 e. The third-order valence-corrected chi connectivity index (χ3v) is 3.31. The molecule has 0 radical (unpaired) electrons. The highest BCUT2D eigenvalue weighted by Gasteiger charge is 2.27. The number of benzene rings is 1. The van der Waals surface area contributed by atoms with Crippen LogP contribution in [0.15, 0.2) is 24.3 Å². The van der Waals surface area contributed by atoms with E-state index >= 15 is 0 Å². The van der Waals surface area contributed by atoms with Crippen LogP contribution in [0.3, 0.4) is 0 Å². The molecule has 1 heterocycles. The average molecular weight is 204 g/mol.